The first kappa shape index (κ1) is 17.9. The molecule has 0 aliphatic carbocycles. The van der Waals surface area contributed by atoms with Crippen LogP contribution in [0.25, 0.3) is 11.0 Å². The molecule has 1 N–H and O–H groups in total. The number of carbonyl (C=O) groups is 2. The predicted molar refractivity (Wildman–Crippen MR) is 96.3 cm³/mol. The second-order valence-corrected chi connectivity index (χ2v) is 5.62. The molecule has 3 rings (SSSR count). The number of fused-ring (bicyclic) bond motifs is 1. The van der Waals surface area contributed by atoms with Gasteiger partial charge in [-0.05, 0) is 24.6 Å². The lowest BCUT2D eigenvalue weighted by Gasteiger charge is -2.09. The number of aromatic nitrogens is 2. The van der Waals surface area contributed by atoms with Gasteiger partial charge in [0, 0.05) is 12.1 Å². The first-order valence-corrected chi connectivity index (χ1v) is 7.88. The van der Waals surface area contributed by atoms with E-state index in [9.17, 15) is 19.7 Å². The number of amides is 1. The molecule has 0 saturated heterocycles. The van der Waals surface area contributed by atoms with Gasteiger partial charge in [-0.15, -0.1) is 0 Å². The number of nitro benzene ring substituents is 1. The minimum Gasteiger partial charge on any atom is -0.451 e. The number of nitrogens with one attached hydrogen (secondary N) is 1. The number of hydrogen-bond donors (Lipinski definition) is 1. The molecule has 0 fully saturated rings. The highest BCUT2D eigenvalue weighted by Gasteiger charge is 2.15. The van der Waals surface area contributed by atoms with Crippen LogP contribution in [0.4, 0.5) is 11.4 Å². The Morgan fingerprint density at radius 2 is 1.93 bits per heavy atom. The summed E-state index contributed by atoms with van der Waals surface area (Å²) in [5.41, 5.74) is 1.90. The summed E-state index contributed by atoms with van der Waals surface area (Å²) in [6.07, 6.45) is 1.27. The molecule has 0 saturated carbocycles. The van der Waals surface area contributed by atoms with Gasteiger partial charge in [-0.3, -0.25) is 19.9 Å². The number of esters is 1. The van der Waals surface area contributed by atoms with Gasteiger partial charge in [0.1, 0.15) is 0 Å². The van der Waals surface area contributed by atoms with Crippen LogP contribution in [0.2, 0.25) is 0 Å². The third-order valence-electron chi connectivity index (χ3n) is 3.70. The average Bonchev–Trinajstić information content (AvgIpc) is 2.67. The summed E-state index contributed by atoms with van der Waals surface area (Å²) in [7, 11) is 0. The van der Waals surface area contributed by atoms with Gasteiger partial charge in [-0.2, -0.15) is 0 Å². The lowest BCUT2D eigenvalue weighted by molar-refractivity contribution is -0.384. The van der Waals surface area contributed by atoms with Crippen molar-refractivity contribution in [2.75, 3.05) is 11.9 Å². The molecule has 1 aromatic heterocycles. The lowest BCUT2D eigenvalue weighted by atomic mass is 10.2. The van der Waals surface area contributed by atoms with Crippen molar-refractivity contribution in [2.24, 2.45) is 0 Å². The van der Waals surface area contributed by atoms with Crippen molar-refractivity contribution in [3.8, 4) is 0 Å². The number of carbonyl (C=O) groups excluding carboxylic acids is 2. The topological polar surface area (TPSA) is 124 Å². The fourth-order valence-corrected chi connectivity index (χ4v) is 2.31. The van der Waals surface area contributed by atoms with Crippen molar-refractivity contribution >= 4 is 34.3 Å². The van der Waals surface area contributed by atoms with E-state index in [2.05, 4.69) is 15.3 Å². The SMILES string of the molecule is Cc1ccc([N+](=O)[O-])cc1NC(=O)COC(=O)c1cnc2ccccc2n1. The molecule has 9 heteroatoms. The van der Waals surface area contributed by atoms with Crippen LogP contribution in [0.15, 0.2) is 48.7 Å². The number of ether oxygens (including phenoxy) is 1. The second kappa shape index (κ2) is 7.56. The van der Waals surface area contributed by atoms with Gasteiger partial charge >= 0.3 is 5.97 Å². The van der Waals surface area contributed by atoms with E-state index in [1.54, 1.807) is 31.2 Å². The van der Waals surface area contributed by atoms with Crippen molar-refractivity contribution in [3.63, 3.8) is 0 Å². The summed E-state index contributed by atoms with van der Waals surface area (Å²) < 4.78 is 4.94. The minimum absolute atomic E-state index is 0.0203. The summed E-state index contributed by atoms with van der Waals surface area (Å²) in [5.74, 6) is -1.42. The average molecular weight is 366 g/mol. The molecular weight excluding hydrogens is 352 g/mol. The maximum Gasteiger partial charge on any atom is 0.359 e. The Kier molecular flexibility index (Phi) is 5.02. The van der Waals surface area contributed by atoms with E-state index in [0.29, 0.717) is 16.6 Å². The highest BCUT2D eigenvalue weighted by atomic mass is 16.6. The zero-order valence-electron chi connectivity index (χ0n) is 14.2. The first-order valence-electron chi connectivity index (χ1n) is 7.88. The van der Waals surface area contributed by atoms with Gasteiger partial charge in [0.05, 0.1) is 27.8 Å². The number of non-ortho nitro benzene ring substituents is 1. The molecule has 0 atom stereocenters. The van der Waals surface area contributed by atoms with Crippen LogP contribution in [-0.2, 0) is 9.53 Å². The van der Waals surface area contributed by atoms with Gasteiger partial charge in [0.2, 0.25) is 0 Å². The van der Waals surface area contributed by atoms with E-state index in [-0.39, 0.29) is 17.1 Å². The van der Waals surface area contributed by atoms with E-state index >= 15 is 0 Å². The Morgan fingerprint density at radius 3 is 2.67 bits per heavy atom. The Bertz CT molecular complexity index is 1050. The molecule has 136 valence electrons. The van der Waals surface area contributed by atoms with Crippen LogP contribution in [-0.4, -0.2) is 33.4 Å². The predicted octanol–water partition coefficient (Wildman–Crippen LogP) is 2.64. The fourth-order valence-electron chi connectivity index (χ4n) is 2.31. The number of nitro groups is 1. The first-order chi connectivity index (χ1) is 12.9. The number of aryl methyl sites for hydroxylation is 1. The molecule has 0 aliphatic rings. The Morgan fingerprint density at radius 1 is 1.19 bits per heavy atom. The summed E-state index contributed by atoms with van der Waals surface area (Å²) >= 11 is 0. The Balaban J connectivity index is 1.64. The van der Waals surface area contributed by atoms with Crippen molar-refractivity contribution in [3.05, 3.63) is 70.0 Å². The normalized spacial score (nSPS) is 10.4. The fraction of sp³-hybridized carbons (Fsp3) is 0.111. The molecule has 2 aromatic carbocycles. The van der Waals surface area contributed by atoms with Crippen molar-refractivity contribution in [1.29, 1.82) is 0 Å². The molecule has 0 radical (unpaired) electrons. The largest absolute Gasteiger partial charge is 0.451 e. The summed E-state index contributed by atoms with van der Waals surface area (Å²) in [4.78, 5) is 42.6. The van der Waals surface area contributed by atoms with Crippen LogP contribution in [0.1, 0.15) is 16.1 Å². The third kappa shape index (κ3) is 4.21. The highest BCUT2D eigenvalue weighted by Crippen LogP contribution is 2.21. The van der Waals surface area contributed by atoms with Gasteiger partial charge < -0.3 is 10.1 Å². The van der Waals surface area contributed by atoms with Crippen LogP contribution >= 0.6 is 0 Å². The van der Waals surface area contributed by atoms with Crippen LogP contribution < -0.4 is 5.32 Å². The Hall–Kier alpha value is -3.88. The molecule has 0 aliphatic heterocycles. The highest BCUT2D eigenvalue weighted by molar-refractivity contribution is 5.96. The van der Waals surface area contributed by atoms with Crippen LogP contribution in [0, 0.1) is 17.0 Å². The van der Waals surface area contributed by atoms with Crippen molar-refractivity contribution < 1.29 is 19.2 Å². The second-order valence-electron chi connectivity index (χ2n) is 5.62. The third-order valence-corrected chi connectivity index (χ3v) is 3.70. The maximum atomic E-state index is 12.1. The van der Waals surface area contributed by atoms with E-state index < -0.39 is 23.4 Å². The molecule has 0 spiro atoms. The van der Waals surface area contributed by atoms with Gasteiger partial charge in [0.25, 0.3) is 11.6 Å². The quantitative estimate of drug-likeness (QED) is 0.418. The van der Waals surface area contributed by atoms with Crippen LogP contribution in [0.3, 0.4) is 0 Å². The standard InChI is InChI=1S/C18H14N4O5/c1-11-6-7-12(22(25)26)8-15(11)21-17(23)10-27-18(24)16-9-19-13-4-2-3-5-14(13)20-16/h2-9H,10H2,1H3,(H,21,23). The molecular formula is C18H14N4O5. The number of benzene rings is 2. The lowest BCUT2D eigenvalue weighted by Crippen LogP contribution is -2.22. The Labute approximate surface area is 153 Å². The van der Waals surface area contributed by atoms with Crippen molar-refractivity contribution in [1.82, 2.24) is 9.97 Å². The number of nitrogens with zero attached hydrogens (tertiary/aromatic N) is 3. The molecule has 0 unspecified atom stereocenters. The molecule has 0 bridgehead atoms. The van der Waals surface area contributed by atoms with Gasteiger partial charge in [-0.1, -0.05) is 18.2 Å². The van der Waals surface area contributed by atoms with E-state index in [1.807, 2.05) is 0 Å². The smallest absolute Gasteiger partial charge is 0.359 e. The summed E-state index contributed by atoms with van der Waals surface area (Å²) in [6, 6.07) is 11.1. The number of hydrogen-bond acceptors (Lipinski definition) is 7. The van der Waals surface area contributed by atoms with E-state index in [1.165, 1.54) is 24.4 Å². The summed E-state index contributed by atoms with van der Waals surface area (Å²) in [6.45, 7) is 1.13. The zero-order chi connectivity index (χ0) is 19.4. The van der Waals surface area contributed by atoms with Gasteiger partial charge in [-0.25, -0.2) is 9.78 Å². The minimum atomic E-state index is -0.792. The molecule has 3 aromatic rings. The van der Waals surface area contributed by atoms with E-state index in [4.69, 9.17) is 4.74 Å². The van der Waals surface area contributed by atoms with E-state index in [0.717, 1.165) is 0 Å². The number of para-hydroxylation sites is 2. The maximum absolute atomic E-state index is 12.1. The molecule has 1 amide bonds. The molecule has 27 heavy (non-hydrogen) atoms. The molecule has 9 nitrogen and oxygen atoms in total. The number of anilines is 1. The summed E-state index contributed by atoms with van der Waals surface area (Å²) in [5, 5.41) is 13.3. The van der Waals surface area contributed by atoms with Crippen molar-refractivity contribution in [2.45, 2.75) is 6.92 Å². The molecule has 1 heterocycles. The zero-order valence-corrected chi connectivity index (χ0v) is 14.2. The number of rotatable bonds is 5. The van der Waals surface area contributed by atoms with Crippen LogP contribution in [0.5, 0.6) is 0 Å². The monoisotopic (exact) mass is 366 g/mol. The van der Waals surface area contributed by atoms with Gasteiger partial charge in [0.15, 0.2) is 12.3 Å².